The van der Waals surface area contributed by atoms with Crippen LogP contribution in [0.5, 0.6) is 11.5 Å². The second-order valence-electron chi connectivity index (χ2n) is 10.4. The number of hydrogen-bond acceptors (Lipinski definition) is 6. The summed E-state index contributed by atoms with van der Waals surface area (Å²) in [5, 5.41) is 5.22. The number of benzene rings is 3. The van der Waals surface area contributed by atoms with Crippen molar-refractivity contribution in [2.24, 2.45) is 5.10 Å². The summed E-state index contributed by atoms with van der Waals surface area (Å²) in [6, 6.07) is 17.4. The van der Waals surface area contributed by atoms with Gasteiger partial charge in [0, 0.05) is 37.0 Å². The summed E-state index contributed by atoms with van der Waals surface area (Å²) in [7, 11) is 3.97. The van der Waals surface area contributed by atoms with Gasteiger partial charge in [-0.3, -0.25) is 4.79 Å². The number of nitrogens with zero attached hydrogens (tertiary/aromatic N) is 4. The van der Waals surface area contributed by atoms with Gasteiger partial charge in [-0.05, 0) is 81.1 Å². The molecule has 0 aliphatic carbocycles. The van der Waals surface area contributed by atoms with Gasteiger partial charge in [-0.25, -0.2) is 4.98 Å². The molecular weight excluding hydrogens is 488 g/mol. The van der Waals surface area contributed by atoms with Crippen LogP contribution in [-0.4, -0.2) is 42.7 Å². The average Bonchev–Trinajstić information content (AvgIpc) is 2.88. The van der Waals surface area contributed by atoms with Gasteiger partial charge >= 0.3 is 0 Å². The Balaban J connectivity index is 1.95. The monoisotopic (exact) mass is 526 g/mol. The molecule has 0 saturated carbocycles. The quantitative estimate of drug-likeness (QED) is 0.229. The van der Waals surface area contributed by atoms with Crippen molar-refractivity contribution in [3.8, 4) is 22.9 Å². The van der Waals surface area contributed by atoms with Gasteiger partial charge in [0.25, 0.3) is 5.56 Å². The van der Waals surface area contributed by atoms with E-state index in [4.69, 9.17) is 19.6 Å². The van der Waals surface area contributed by atoms with Gasteiger partial charge in [0.2, 0.25) is 0 Å². The molecular formula is C32H38N4O3. The third-order valence-electron chi connectivity index (χ3n) is 6.46. The van der Waals surface area contributed by atoms with Gasteiger partial charge in [-0.15, -0.1) is 0 Å². The van der Waals surface area contributed by atoms with Crippen LogP contribution >= 0.6 is 0 Å². The minimum Gasteiger partial charge on any atom is -0.494 e. The zero-order valence-electron chi connectivity index (χ0n) is 24.1. The lowest BCUT2D eigenvalue weighted by Gasteiger charge is -2.19. The van der Waals surface area contributed by atoms with Crippen molar-refractivity contribution >= 4 is 22.8 Å². The van der Waals surface area contributed by atoms with Crippen molar-refractivity contribution < 1.29 is 9.47 Å². The van der Waals surface area contributed by atoms with Crippen LogP contribution in [0.15, 0.2) is 64.5 Å². The Kier molecular flexibility index (Phi) is 8.38. The smallest absolute Gasteiger partial charge is 0.282 e. The minimum atomic E-state index is -0.234. The Morgan fingerprint density at radius 3 is 2.44 bits per heavy atom. The lowest BCUT2D eigenvalue weighted by molar-refractivity contribution is 0.242. The maximum absolute atomic E-state index is 13.8. The molecule has 0 spiro atoms. The molecule has 0 saturated heterocycles. The second kappa shape index (κ2) is 11.7. The van der Waals surface area contributed by atoms with E-state index in [2.05, 4.69) is 19.9 Å². The summed E-state index contributed by atoms with van der Waals surface area (Å²) in [6.45, 7) is 12.8. The third kappa shape index (κ3) is 5.98. The molecule has 4 aromatic rings. The van der Waals surface area contributed by atoms with Crippen LogP contribution in [0, 0.1) is 6.92 Å². The molecule has 0 aliphatic rings. The molecule has 0 bridgehead atoms. The Hall–Kier alpha value is -4.13. The molecule has 0 amide bonds. The summed E-state index contributed by atoms with van der Waals surface area (Å²) in [5.41, 5.74) is 5.02. The van der Waals surface area contributed by atoms with Crippen molar-refractivity contribution in [3.63, 3.8) is 0 Å². The van der Waals surface area contributed by atoms with Crippen molar-refractivity contribution in [2.75, 3.05) is 25.6 Å². The van der Waals surface area contributed by atoms with Gasteiger partial charge in [0.1, 0.15) is 11.5 Å². The fourth-order valence-corrected chi connectivity index (χ4v) is 4.46. The number of fused-ring (bicyclic) bond motifs is 1. The van der Waals surface area contributed by atoms with Crippen LogP contribution in [0.25, 0.3) is 22.3 Å². The molecule has 0 radical (unpaired) electrons. The summed E-state index contributed by atoms with van der Waals surface area (Å²) in [4.78, 5) is 20.7. The molecule has 1 heterocycles. The highest BCUT2D eigenvalue weighted by Gasteiger charge is 2.19. The lowest BCUT2D eigenvalue weighted by Crippen LogP contribution is -2.21. The van der Waals surface area contributed by atoms with Crippen molar-refractivity contribution in [1.29, 1.82) is 0 Å². The maximum atomic E-state index is 13.8. The number of anilines is 1. The zero-order valence-corrected chi connectivity index (χ0v) is 24.1. The highest BCUT2D eigenvalue weighted by atomic mass is 16.5. The van der Waals surface area contributed by atoms with Crippen LogP contribution in [0.3, 0.4) is 0 Å². The Labute approximate surface area is 230 Å². The topological polar surface area (TPSA) is 69.0 Å². The Morgan fingerprint density at radius 1 is 1.03 bits per heavy atom. The average molecular weight is 527 g/mol. The fourth-order valence-electron chi connectivity index (χ4n) is 4.46. The first-order valence-corrected chi connectivity index (χ1v) is 13.4. The number of aryl methyl sites for hydroxylation is 1. The van der Waals surface area contributed by atoms with E-state index in [-0.39, 0.29) is 17.6 Å². The van der Waals surface area contributed by atoms with Gasteiger partial charge in [-0.2, -0.15) is 9.78 Å². The predicted molar refractivity (Wildman–Crippen MR) is 161 cm³/mol. The van der Waals surface area contributed by atoms with E-state index in [1.807, 2.05) is 89.2 Å². The van der Waals surface area contributed by atoms with E-state index in [1.165, 1.54) is 4.68 Å². The van der Waals surface area contributed by atoms with E-state index in [0.29, 0.717) is 29.1 Å². The summed E-state index contributed by atoms with van der Waals surface area (Å²) in [6.07, 6.45) is 1.65. The second-order valence-corrected chi connectivity index (χ2v) is 10.4. The molecule has 4 rings (SSSR count). The van der Waals surface area contributed by atoms with Crippen molar-refractivity contribution in [2.45, 2.75) is 53.6 Å². The lowest BCUT2D eigenvalue weighted by atomic mass is 9.96. The van der Waals surface area contributed by atoms with E-state index in [0.717, 1.165) is 33.7 Å². The van der Waals surface area contributed by atoms with E-state index >= 15 is 0 Å². The first-order chi connectivity index (χ1) is 18.6. The highest BCUT2D eigenvalue weighted by Crippen LogP contribution is 2.34. The molecule has 0 unspecified atom stereocenters. The number of hydrogen-bond donors (Lipinski definition) is 0. The van der Waals surface area contributed by atoms with Crippen LogP contribution < -0.4 is 19.9 Å². The number of para-hydroxylation sites is 1. The van der Waals surface area contributed by atoms with Crippen LogP contribution in [0.2, 0.25) is 0 Å². The van der Waals surface area contributed by atoms with Gasteiger partial charge < -0.3 is 14.4 Å². The summed E-state index contributed by atoms with van der Waals surface area (Å²) in [5.74, 6) is 2.25. The van der Waals surface area contributed by atoms with Crippen molar-refractivity contribution in [1.82, 2.24) is 9.66 Å². The summed E-state index contributed by atoms with van der Waals surface area (Å²) >= 11 is 0. The van der Waals surface area contributed by atoms with Crippen LogP contribution in [-0.2, 0) is 0 Å². The molecule has 0 atom stereocenters. The highest BCUT2D eigenvalue weighted by molar-refractivity contribution is 5.85. The fraction of sp³-hybridized carbons (Fsp3) is 0.344. The molecule has 0 aliphatic heterocycles. The molecule has 204 valence electrons. The summed E-state index contributed by atoms with van der Waals surface area (Å²) < 4.78 is 13.4. The molecule has 7 nitrogen and oxygen atoms in total. The van der Waals surface area contributed by atoms with Gasteiger partial charge in [0.15, 0.2) is 5.82 Å². The minimum absolute atomic E-state index is 0.0175. The predicted octanol–water partition coefficient (Wildman–Crippen LogP) is 6.63. The largest absolute Gasteiger partial charge is 0.494 e. The number of rotatable bonds is 9. The maximum Gasteiger partial charge on any atom is 0.282 e. The standard InChI is InChI=1S/C32H38N4O3/c1-9-38-30-16-22(6)27(18-26(30)20(2)3)31-34-28-13-11-10-12-25(28)32(37)36(31)33-19-23-14-15-24(35(7)8)17-29(23)39-21(4)5/h10-21H,9H2,1-8H3. The molecule has 3 aromatic carbocycles. The molecule has 0 N–H and O–H groups in total. The van der Waals surface area contributed by atoms with Gasteiger partial charge in [0.05, 0.1) is 29.8 Å². The Morgan fingerprint density at radius 2 is 1.77 bits per heavy atom. The van der Waals surface area contributed by atoms with Crippen molar-refractivity contribution in [3.05, 3.63) is 81.6 Å². The first-order valence-electron chi connectivity index (χ1n) is 13.4. The molecule has 39 heavy (non-hydrogen) atoms. The third-order valence-corrected chi connectivity index (χ3v) is 6.46. The SMILES string of the molecule is CCOc1cc(C)c(-c2nc3ccccc3c(=O)n2N=Cc2ccc(N(C)C)cc2OC(C)C)cc1C(C)C. The van der Waals surface area contributed by atoms with Crippen LogP contribution in [0.4, 0.5) is 5.69 Å². The van der Waals surface area contributed by atoms with E-state index < -0.39 is 0 Å². The van der Waals surface area contributed by atoms with Crippen LogP contribution in [0.1, 0.15) is 57.2 Å². The molecule has 1 aromatic heterocycles. The van der Waals surface area contributed by atoms with E-state index in [1.54, 1.807) is 12.3 Å². The molecule has 7 heteroatoms. The normalized spacial score (nSPS) is 11.6. The number of aromatic nitrogens is 2. The van der Waals surface area contributed by atoms with Gasteiger partial charge in [-0.1, -0.05) is 26.0 Å². The Bertz CT molecular complexity index is 1570. The van der Waals surface area contributed by atoms with E-state index in [9.17, 15) is 4.79 Å². The first kappa shape index (κ1) is 27.9. The number of ether oxygens (including phenoxy) is 2. The molecule has 0 fully saturated rings. The zero-order chi connectivity index (χ0) is 28.3.